The molecule has 1 N–H and O–H groups in total. The monoisotopic (exact) mass is 168 g/mol. The van der Waals surface area contributed by atoms with E-state index in [1.807, 2.05) is 12.3 Å². The summed E-state index contributed by atoms with van der Waals surface area (Å²) in [7, 11) is 0. The highest BCUT2D eigenvalue weighted by Gasteiger charge is 1.91. The lowest BCUT2D eigenvalue weighted by Gasteiger charge is -1.95. The zero-order valence-electron chi connectivity index (χ0n) is 6.16. The first-order valence-corrected chi connectivity index (χ1v) is 4.18. The van der Waals surface area contributed by atoms with Gasteiger partial charge in [0.25, 0.3) is 0 Å². The molecule has 0 saturated heterocycles. The molecule has 0 radical (unpaired) electrons. The maximum atomic E-state index is 8.20. The average Bonchev–Trinajstić information content (AvgIpc) is 2.03. The van der Waals surface area contributed by atoms with E-state index >= 15 is 0 Å². The third-order valence-electron chi connectivity index (χ3n) is 0.835. The van der Waals surface area contributed by atoms with E-state index in [0.717, 1.165) is 0 Å². The maximum absolute atomic E-state index is 8.20. The number of hydrogen-bond acceptors (Lipinski definition) is 4. The van der Waals surface area contributed by atoms with E-state index in [0.29, 0.717) is 18.1 Å². The average molecular weight is 168 g/mol. The van der Waals surface area contributed by atoms with Gasteiger partial charge in [-0.05, 0) is 6.26 Å². The van der Waals surface area contributed by atoms with E-state index in [1.54, 1.807) is 6.19 Å². The summed E-state index contributed by atoms with van der Waals surface area (Å²) in [6.07, 6.45) is 3.96. The van der Waals surface area contributed by atoms with Crippen LogP contribution in [0.4, 0.5) is 0 Å². The molecule has 0 amide bonds. The Balaban J connectivity index is 3.75. The van der Waals surface area contributed by atoms with Crippen molar-refractivity contribution in [3.63, 3.8) is 0 Å². The van der Waals surface area contributed by atoms with E-state index in [9.17, 15) is 0 Å². The van der Waals surface area contributed by atoms with E-state index in [-0.39, 0.29) is 0 Å². The Morgan fingerprint density at radius 3 is 2.82 bits per heavy atom. The second-order valence-electron chi connectivity index (χ2n) is 1.54. The Hall–Kier alpha value is -1.20. The highest BCUT2D eigenvalue weighted by atomic mass is 32.2. The van der Waals surface area contributed by atoms with Crippen LogP contribution in [0.15, 0.2) is 4.99 Å². The van der Waals surface area contributed by atoms with Crippen molar-refractivity contribution in [1.82, 2.24) is 5.32 Å². The zero-order valence-corrected chi connectivity index (χ0v) is 6.98. The van der Waals surface area contributed by atoms with Gasteiger partial charge in [0.2, 0.25) is 0 Å². The minimum Gasteiger partial charge on any atom is -0.272 e. The fourth-order valence-corrected chi connectivity index (χ4v) is 0.778. The molecule has 4 nitrogen and oxygen atoms in total. The number of rotatable bonds is 2. The second kappa shape index (κ2) is 6.91. The maximum Gasteiger partial charge on any atom is 0.183 e. The fourth-order valence-electron chi connectivity index (χ4n) is 0.410. The zero-order chi connectivity index (χ0) is 8.53. The quantitative estimate of drug-likeness (QED) is 0.216. The molecule has 0 aliphatic carbocycles. The molecule has 0 rings (SSSR count). The third-order valence-corrected chi connectivity index (χ3v) is 1.45. The summed E-state index contributed by atoms with van der Waals surface area (Å²) in [6.45, 7) is 0.446. The molecule has 0 aromatic carbocycles. The van der Waals surface area contributed by atoms with Crippen LogP contribution in [0, 0.1) is 22.8 Å². The summed E-state index contributed by atoms with van der Waals surface area (Å²) in [5.41, 5.74) is 0. The molecule has 0 bridgehead atoms. The van der Waals surface area contributed by atoms with Crippen molar-refractivity contribution in [3.8, 4) is 12.3 Å². The second-order valence-corrected chi connectivity index (χ2v) is 2.33. The fraction of sp³-hybridized carbons (Fsp3) is 0.500. The van der Waals surface area contributed by atoms with Gasteiger partial charge in [0.1, 0.15) is 0 Å². The van der Waals surface area contributed by atoms with Crippen LogP contribution in [0.25, 0.3) is 0 Å². The Bertz CT molecular complexity index is 210. The van der Waals surface area contributed by atoms with E-state index < -0.39 is 0 Å². The van der Waals surface area contributed by atoms with E-state index in [1.165, 1.54) is 11.8 Å². The van der Waals surface area contributed by atoms with Crippen molar-refractivity contribution < 1.29 is 0 Å². The Morgan fingerprint density at radius 2 is 2.36 bits per heavy atom. The summed E-state index contributed by atoms with van der Waals surface area (Å²) in [4.78, 5) is 3.95. The van der Waals surface area contributed by atoms with Crippen LogP contribution in [0.5, 0.6) is 0 Å². The van der Waals surface area contributed by atoms with Crippen LogP contribution in [0.2, 0.25) is 0 Å². The third kappa shape index (κ3) is 5.25. The summed E-state index contributed by atoms with van der Waals surface area (Å²) < 4.78 is 0. The smallest absolute Gasteiger partial charge is 0.183 e. The minimum atomic E-state index is 0.386. The number of hydrogen-bond donors (Lipinski definition) is 1. The summed E-state index contributed by atoms with van der Waals surface area (Å²) in [5, 5.41) is 19.3. The molecule has 11 heavy (non-hydrogen) atoms. The summed E-state index contributed by atoms with van der Waals surface area (Å²) in [6, 6.07) is 1.96. The van der Waals surface area contributed by atoms with Gasteiger partial charge in [-0.15, -0.1) is 0 Å². The number of nitrogens with zero attached hydrogens (tertiary/aromatic N) is 3. The molecular weight excluding hydrogens is 160 g/mol. The molecular formula is C6H8N4S. The van der Waals surface area contributed by atoms with Gasteiger partial charge >= 0.3 is 0 Å². The van der Waals surface area contributed by atoms with Crippen molar-refractivity contribution in [2.24, 2.45) is 4.99 Å². The topological polar surface area (TPSA) is 72.0 Å². The molecule has 0 aliphatic rings. The molecule has 0 spiro atoms. The number of amidine groups is 1. The van der Waals surface area contributed by atoms with Gasteiger partial charge in [0.05, 0.1) is 19.0 Å². The van der Waals surface area contributed by atoms with E-state index in [2.05, 4.69) is 10.3 Å². The van der Waals surface area contributed by atoms with Crippen LogP contribution in [0.3, 0.4) is 0 Å². The van der Waals surface area contributed by atoms with Crippen molar-refractivity contribution in [2.45, 2.75) is 6.42 Å². The van der Waals surface area contributed by atoms with Gasteiger partial charge < -0.3 is 0 Å². The molecule has 0 unspecified atom stereocenters. The lowest BCUT2D eigenvalue weighted by molar-refractivity contribution is 1.01. The summed E-state index contributed by atoms with van der Waals surface area (Å²) in [5.74, 6) is 0. The van der Waals surface area contributed by atoms with Gasteiger partial charge in [-0.2, -0.15) is 10.5 Å². The van der Waals surface area contributed by atoms with Gasteiger partial charge in [0.15, 0.2) is 11.4 Å². The Labute approximate surface area is 69.9 Å². The van der Waals surface area contributed by atoms with Crippen LogP contribution in [-0.2, 0) is 0 Å². The first-order valence-electron chi connectivity index (χ1n) is 2.95. The van der Waals surface area contributed by atoms with Gasteiger partial charge in [-0.3, -0.25) is 10.3 Å². The molecule has 0 heterocycles. The molecule has 58 valence electrons. The largest absolute Gasteiger partial charge is 0.272 e. The first kappa shape index (κ1) is 9.80. The molecule has 0 aromatic rings. The number of nitrogens with one attached hydrogen (secondary N) is 1. The number of aliphatic imine (C=N–C) groups is 1. The van der Waals surface area contributed by atoms with Gasteiger partial charge in [-0.25, -0.2) is 0 Å². The SMILES string of the molecule is CSC(=NCCC#N)NC#N. The van der Waals surface area contributed by atoms with Crippen molar-refractivity contribution in [1.29, 1.82) is 10.5 Å². The molecule has 0 fully saturated rings. The molecule has 0 atom stereocenters. The normalized spacial score (nSPS) is 9.91. The lowest BCUT2D eigenvalue weighted by Crippen LogP contribution is -2.13. The van der Waals surface area contributed by atoms with E-state index in [4.69, 9.17) is 10.5 Å². The molecule has 0 aromatic heterocycles. The summed E-state index contributed by atoms with van der Waals surface area (Å²) >= 11 is 1.35. The lowest BCUT2D eigenvalue weighted by atomic mass is 10.5. The standard InChI is InChI=1S/C6H8N4S/c1-11-6(10-5-8)9-4-2-3-7/h2,4H2,1H3,(H,9,10). The first-order chi connectivity index (χ1) is 5.35. The predicted molar refractivity (Wildman–Crippen MR) is 44.8 cm³/mol. The van der Waals surface area contributed by atoms with Crippen LogP contribution < -0.4 is 5.32 Å². The highest BCUT2D eigenvalue weighted by Crippen LogP contribution is 1.94. The van der Waals surface area contributed by atoms with Gasteiger partial charge in [0, 0.05) is 0 Å². The van der Waals surface area contributed by atoms with Crippen molar-refractivity contribution in [3.05, 3.63) is 0 Å². The van der Waals surface area contributed by atoms with Crippen LogP contribution in [0.1, 0.15) is 6.42 Å². The number of nitriles is 2. The molecule has 0 aliphatic heterocycles. The Morgan fingerprint density at radius 1 is 1.64 bits per heavy atom. The van der Waals surface area contributed by atoms with Crippen LogP contribution in [-0.4, -0.2) is 18.0 Å². The molecule has 5 heteroatoms. The molecule has 0 saturated carbocycles. The Kier molecular flexibility index (Phi) is 6.16. The minimum absolute atomic E-state index is 0.386. The highest BCUT2D eigenvalue weighted by molar-refractivity contribution is 8.13. The van der Waals surface area contributed by atoms with Crippen molar-refractivity contribution >= 4 is 16.9 Å². The number of thioether (sulfide) groups is 1. The predicted octanol–water partition coefficient (Wildman–Crippen LogP) is 0.690. The van der Waals surface area contributed by atoms with Crippen LogP contribution >= 0.6 is 11.8 Å². The van der Waals surface area contributed by atoms with Crippen molar-refractivity contribution in [2.75, 3.05) is 12.8 Å². The van der Waals surface area contributed by atoms with Gasteiger partial charge in [-0.1, -0.05) is 11.8 Å².